The molecule has 1 fully saturated rings. The van der Waals surface area contributed by atoms with Gasteiger partial charge in [-0.1, -0.05) is 12.1 Å². The SMILES string of the molecule is O=C(O)c1ccc(CN2CCSCC2(O)O)cc1. The Morgan fingerprint density at radius 2 is 2.00 bits per heavy atom. The number of rotatable bonds is 3. The van der Waals surface area contributed by atoms with E-state index in [0.717, 1.165) is 11.3 Å². The van der Waals surface area contributed by atoms with Crippen LogP contribution in [0.15, 0.2) is 24.3 Å². The summed E-state index contributed by atoms with van der Waals surface area (Å²) >= 11 is 1.50. The van der Waals surface area contributed by atoms with Gasteiger partial charge in [-0.15, -0.1) is 0 Å². The number of carboxylic acids is 1. The Labute approximate surface area is 109 Å². The van der Waals surface area contributed by atoms with Crippen molar-refractivity contribution in [3.63, 3.8) is 0 Å². The standard InChI is InChI=1S/C12H15NO4S/c14-11(15)10-3-1-9(2-4-10)7-13-5-6-18-8-12(13,16)17/h1-4,16-17H,5-8H2,(H,14,15). The van der Waals surface area contributed by atoms with Gasteiger partial charge in [0.25, 0.3) is 0 Å². The molecule has 0 bridgehead atoms. The summed E-state index contributed by atoms with van der Waals surface area (Å²) < 4.78 is 0. The Bertz CT molecular complexity index is 432. The first-order valence-electron chi connectivity index (χ1n) is 5.59. The maximum atomic E-state index is 10.7. The van der Waals surface area contributed by atoms with Crippen LogP contribution in [0.2, 0.25) is 0 Å². The molecule has 1 saturated heterocycles. The van der Waals surface area contributed by atoms with Gasteiger partial charge in [-0.05, 0) is 17.7 Å². The molecule has 3 N–H and O–H groups in total. The summed E-state index contributed by atoms with van der Waals surface area (Å²) in [6.07, 6.45) is 0. The van der Waals surface area contributed by atoms with Gasteiger partial charge in [0.1, 0.15) is 0 Å². The van der Waals surface area contributed by atoms with Crippen molar-refractivity contribution in [2.75, 3.05) is 18.1 Å². The van der Waals surface area contributed by atoms with Gasteiger partial charge in [0, 0.05) is 18.8 Å². The second kappa shape index (κ2) is 5.27. The third kappa shape index (κ3) is 3.02. The maximum absolute atomic E-state index is 10.7. The fraction of sp³-hybridized carbons (Fsp3) is 0.417. The Morgan fingerprint density at radius 1 is 1.33 bits per heavy atom. The highest BCUT2D eigenvalue weighted by Crippen LogP contribution is 2.24. The van der Waals surface area contributed by atoms with Gasteiger partial charge < -0.3 is 15.3 Å². The molecule has 1 aliphatic rings. The molecule has 2 rings (SSSR count). The van der Waals surface area contributed by atoms with Crippen LogP contribution in [0, 0.1) is 0 Å². The summed E-state index contributed by atoms with van der Waals surface area (Å²) in [4.78, 5) is 12.3. The maximum Gasteiger partial charge on any atom is 0.335 e. The van der Waals surface area contributed by atoms with Crippen molar-refractivity contribution >= 4 is 17.7 Å². The van der Waals surface area contributed by atoms with Crippen LogP contribution in [0.4, 0.5) is 0 Å². The van der Waals surface area contributed by atoms with Crippen molar-refractivity contribution in [2.45, 2.75) is 12.5 Å². The van der Waals surface area contributed by atoms with Crippen molar-refractivity contribution in [1.29, 1.82) is 0 Å². The smallest absolute Gasteiger partial charge is 0.335 e. The number of hydrogen-bond donors (Lipinski definition) is 3. The van der Waals surface area contributed by atoms with Crippen molar-refractivity contribution in [1.82, 2.24) is 4.90 Å². The molecule has 1 aromatic rings. The molecule has 98 valence electrons. The third-order valence-corrected chi connectivity index (χ3v) is 3.94. The van der Waals surface area contributed by atoms with Crippen LogP contribution in [0.5, 0.6) is 0 Å². The molecule has 1 heterocycles. The van der Waals surface area contributed by atoms with E-state index in [1.54, 1.807) is 17.0 Å². The zero-order valence-electron chi connectivity index (χ0n) is 9.74. The average Bonchev–Trinajstić information content (AvgIpc) is 2.32. The van der Waals surface area contributed by atoms with E-state index in [9.17, 15) is 15.0 Å². The lowest BCUT2D eigenvalue weighted by Crippen LogP contribution is -2.53. The molecule has 0 spiro atoms. The molecule has 1 aliphatic heterocycles. The molecule has 0 aromatic heterocycles. The molecule has 5 nitrogen and oxygen atoms in total. The summed E-state index contributed by atoms with van der Waals surface area (Å²) in [5.41, 5.74) is 1.09. The molecule has 0 atom stereocenters. The zero-order chi connectivity index (χ0) is 13.2. The van der Waals surface area contributed by atoms with Crippen LogP contribution in [-0.4, -0.2) is 50.2 Å². The number of hydrogen-bond acceptors (Lipinski definition) is 5. The normalized spacial score (nSPS) is 19.7. The molecule has 0 unspecified atom stereocenters. The molecule has 0 amide bonds. The van der Waals surface area contributed by atoms with E-state index in [2.05, 4.69) is 0 Å². The van der Waals surface area contributed by atoms with Gasteiger partial charge in [-0.2, -0.15) is 11.8 Å². The molecule has 6 heteroatoms. The molecular weight excluding hydrogens is 254 g/mol. The second-order valence-electron chi connectivity index (χ2n) is 4.25. The second-order valence-corrected chi connectivity index (χ2v) is 5.36. The minimum atomic E-state index is -1.78. The summed E-state index contributed by atoms with van der Waals surface area (Å²) in [5, 5.41) is 28.4. The fourth-order valence-electron chi connectivity index (χ4n) is 1.83. The van der Waals surface area contributed by atoms with Gasteiger partial charge in [0.2, 0.25) is 5.91 Å². The Morgan fingerprint density at radius 3 is 2.56 bits per heavy atom. The van der Waals surface area contributed by atoms with Crippen LogP contribution in [0.1, 0.15) is 15.9 Å². The van der Waals surface area contributed by atoms with Crippen molar-refractivity contribution < 1.29 is 20.1 Å². The predicted octanol–water partition coefficient (Wildman–Crippen LogP) is 0.572. The van der Waals surface area contributed by atoms with Gasteiger partial charge >= 0.3 is 5.97 Å². The fourth-order valence-corrected chi connectivity index (χ4v) is 2.78. The quantitative estimate of drug-likeness (QED) is 0.696. The number of carbonyl (C=O) groups is 1. The van der Waals surface area contributed by atoms with Crippen LogP contribution >= 0.6 is 11.8 Å². The number of nitrogens with zero attached hydrogens (tertiary/aromatic N) is 1. The Kier molecular flexibility index (Phi) is 3.91. The predicted molar refractivity (Wildman–Crippen MR) is 68.3 cm³/mol. The highest BCUT2D eigenvalue weighted by atomic mass is 32.2. The molecule has 18 heavy (non-hydrogen) atoms. The molecule has 0 saturated carbocycles. The van der Waals surface area contributed by atoms with E-state index in [1.165, 1.54) is 23.9 Å². The topological polar surface area (TPSA) is 81.0 Å². The van der Waals surface area contributed by atoms with E-state index >= 15 is 0 Å². The van der Waals surface area contributed by atoms with Crippen LogP contribution in [-0.2, 0) is 6.54 Å². The van der Waals surface area contributed by atoms with Gasteiger partial charge in [-0.3, -0.25) is 0 Å². The zero-order valence-corrected chi connectivity index (χ0v) is 10.6. The molecular formula is C12H15NO4S. The summed E-state index contributed by atoms with van der Waals surface area (Å²) in [5.74, 6) is -1.63. The average molecular weight is 269 g/mol. The number of aliphatic hydroxyl groups is 2. The van der Waals surface area contributed by atoms with Crippen LogP contribution in [0.25, 0.3) is 0 Å². The van der Waals surface area contributed by atoms with E-state index in [0.29, 0.717) is 13.1 Å². The first kappa shape index (κ1) is 13.4. The Balaban J connectivity index is 2.06. The van der Waals surface area contributed by atoms with E-state index in [4.69, 9.17) is 5.11 Å². The van der Waals surface area contributed by atoms with Crippen LogP contribution in [0.3, 0.4) is 0 Å². The van der Waals surface area contributed by atoms with Gasteiger partial charge in [-0.25, -0.2) is 9.69 Å². The minimum Gasteiger partial charge on any atom is -0.478 e. The van der Waals surface area contributed by atoms with E-state index in [-0.39, 0.29) is 11.3 Å². The lowest BCUT2D eigenvalue weighted by molar-refractivity contribution is -0.250. The first-order chi connectivity index (χ1) is 8.49. The number of aromatic carboxylic acids is 1. The highest BCUT2D eigenvalue weighted by Gasteiger charge is 2.34. The van der Waals surface area contributed by atoms with Crippen molar-refractivity contribution in [2.24, 2.45) is 0 Å². The summed E-state index contributed by atoms with van der Waals surface area (Å²) in [6, 6.07) is 6.43. The number of carboxylic acid groups (broad SMARTS) is 1. The Hall–Kier alpha value is -1.08. The number of thioether (sulfide) groups is 1. The lowest BCUT2D eigenvalue weighted by Gasteiger charge is -2.38. The van der Waals surface area contributed by atoms with Crippen molar-refractivity contribution in [3.05, 3.63) is 35.4 Å². The van der Waals surface area contributed by atoms with Crippen molar-refractivity contribution in [3.8, 4) is 0 Å². The van der Waals surface area contributed by atoms with E-state index in [1.807, 2.05) is 0 Å². The number of benzene rings is 1. The highest BCUT2D eigenvalue weighted by molar-refractivity contribution is 7.99. The van der Waals surface area contributed by atoms with Crippen LogP contribution < -0.4 is 0 Å². The van der Waals surface area contributed by atoms with Gasteiger partial charge in [0.15, 0.2) is 0 Å². The van der Waals surface area contributed by atoms with E-state index < -0.39 is 11.9 Å². The monoisotopic (exact) mass is 269 g/mol. The minimum absolute atomic E-state index is 0.229. The first-order valence-corrected chi connectivity index (χ1v) is 6.74. The molecule has 0 aliphatic carbocycles. The van der Waals surface area contributed by atoms with Gasteiger partial charge in [0.05, 0.1) is 11.3 Å². The molecule has 1 aromatic carbocycles. The third-order valence-electron chi connectivity index (χ3n) is 2.88. The summed E-state index contributed by atoms with van der Waals surface area (Å²) in [7, 11) is 0. The molecule has 0 radical (unpaired) electrons. The lowest BCUT2D eigenvalue weighted by atomic mass is 10.1. The summed E-state index contributed by atoms with van der Waals surface area (Å²) in [6.45, 7) is 0.992. The largest absolute Gasteiger partial charge is 0.478 e.